The van der Waals surface area contributed by atoms with Crippen LogP contribution in [0.5, 0.6) is 0 Å². The fourth-order valence-electron chi connectivity index (χ4n) is 3.02. The molecule has 0 aliphatic carbocycles. The maximum atomic E-state index is 13.5. The minimum atomic E-state index is -0.229. The molecule has 1 saturated heterocycles. The van der Waals surface area contributed by atoms with Gasteiger partial charge in [-0.05, 0) is 61.3 Å². The van der Waals surface area contributed by atoms with E-state index in [1.165, 1.54) is 6.07 Å². The van der Waals surface area contributed by atoms with Gasteiger partial charge in [0.25, 0.3) is 0 Å². The van der Waals surface area contributed by atoms with Gasteiger partial charge < -0.3 is 15.0 Å². The van der Waals surface area contributed by atoms with Gasteiger partial charge in [0, 0.05) is 25.4 Å². The molecule has 1 fully saturated rings. The number of para-hydroxylation sites is 1. The van der Waals surface area contributed by atoms with Crippen molar-refractivity contribution in [2.24, 2.45) is 0 Å². The van der Waals surface area contributed by atoms with E-state index in [9.17, 15) is 4.39 Å². The first-order chi connectivity index (χ1) is 12.1. The fraction of sp³-hybridized carbons (Fsp3) is 0.350. The summed E-state index contributed by atoms with van der Waals surface area (Å²) in [6, 6.07) is 14.7. The zero-order chi connectivity index (χ0) is 17.6. The summed E-state index contributed by atoms with van der Waals surface area (Å²) in [4.78, 5) is 2.06. The van der Waals surface area contributed by atoms with Crippen LogP contribution in [-0.4, -0.2) is 29.3 Å². The summed E-state index contributed by atoms with van der Waals surface area (Å²) >= 11 is 5.65. The summed E-state index contributed by atoms with van der Waals surface area (Å²) in [5.74, 6) is -0.229. The van der Waals surface area contributed by atoms with E-state index in [2.05, 4.69) is 10.2 Å². The number of halogens is 1. The van der Waals surface area contributed by atoms with E-state index in [0.717, 1.165) is 36.3 Å². The van der Waals surface area contributed by atoms with Crippen molar-refractivity contribution in [2.45, 2.75) is 32.4 Å². The van der Waals surface area contributed by atoms with Crippen LogP contribution in [0.25, 0.3) is 0 Å². The molecule has 2 aromatic carbocycles. The van der Waals surface area contributed by atoms with Gasteiger partial charge in [-0.15, -0.1) is 0 Å². The summed E-state index contributed by atoms with van der Waals surface area (Å²) in [5, 5.41) is 3.96. The van der Waals surface area contributed by atoms with E-state index in [-0.39, 0.29) is 11.9 Å². The highest BCUT2D eigenvalue weighted by Crippen LogP contribution is 2.18. The monoisotopic (exact) mass is 358 g/mol. The number of nitrogens with zero attached hydrogens (tertiary/aromatic N) is 1. The van der Waals surface area contributed by atoms with Gasteiger partial charge in [0.15, 0.2) is 5.11 Å². The molecule has 3 nitrogen and oxygen atoms in total. The highest BCUT2D eigenvalue weighted by Gasteiger charge is 2.21. The summed E-state index contributed by atoms with van der Waals surface area (Å²) in [7, 11) is 0. The normalized spacial score (nSPS) is 16.6. The Morgan fingerprint density at radius 1 is 1.28 bits per heavy atom. The van der Waals surface area contributed by atoms with Crippen molar-refractivity contribution in [3.8, 4) is 0 Å². The second-order valence-corrected chi connectivity index (χ2v) is 6.78. The van der Waals surface area contributed by atoms with Crippen LogP contribution in [0.2, 0.25) is 0 Å². The first-order valence-corrected chi connectivity index (χ1v) is 9.00. The lowest BCUT2D eigenvalue weighted by Gasteiger charge is -2.28. The Hall–Kier alpha value is -1.98. The zero-order valence-corrected chi connectivity index (χ0v) is 15.2. The lowest BCUT2D eigenvalue weighted by Crippen LogP contribution is -2.39. The summed E-state index contributed by atoms with van der Waals surface area (Å²) in [5.41, 5.74) is 3.02. The van der Waals surface area contributed by atoms with Crippen molar-refractivity contribution in [1.82, 2.24) is 4.90 Å². The number of aryl methyl sites for hydroxylation is 1. The summed E-state index contributed by atoms with van der Waals surface area (Å²) in [6.45, 7) is 4.10. The zero-order valence-electron chi connectivity index (χ0n) is 14.4. The average molecular weight is 358 g/mol. The van der Waals surface area contributed by atoms with E-state index in [4.69, 9.17) is 17.0 Å². The highest BCUT2D eigenvalue weighted by atomic mass is 32.1. The Balaban J connectivity index is 1.74. The third-order valence-electron chi connectivity index (χ3n) is 4.38. The molecule has 0 radical (unpaired) electrons. The molecule has 5 heteroatoms. The molecule has 1 N–H and O–H groups in total. The van der Waals surface area contributed by atoms with Crippen LogP contribution in [0.3, 0.4) is 0 Å². The molecule has 0 bridgehead atoms. The van der Waals surface area contributed by atoms with Crippen LogP contribution in [0, 0.1) is 12.7 Å². The van der Waals surface area contributed by atoms with Crippen molar-refractivity contribution < 1.29 is 9.13 Å². The van der Waals surface area contributed by atoms with Gasteiger partial charge in [-0.1, -0.05) is 30.3 Å². The van der Waals surface area contributed by atoms with Crippen LogP contribution < -0.4 is 5.32 Å². The number of thiocarbonyl (C=S) groups is 1. The van der Waals surface area contributed by atoms with Gasteiger partial charge in [0.1, 0.15) is 5.82 Å². The molecule has 1 unspecified atom stereocenters. The van der Waals surface area contributed by atoms with Crippen LogP contribution in [0.15, 0.2) is 48.5 Å². The number of benzene rings is 2. The molecule has 0 amide bonds. The lowest BCUT2D eigenvalue weighted by atomic mass is 10.2. The van der Waals surface area contributed by atoms with Crippen LogP contribution >= 0.6 is 12.2 Å². The minimum Gasteiger partial charge on any atom is -0.376 e. The predicted molar refractivity (Wildman–Crippen MR) is 103 cm³/mol. The van der Waals surface area contributed by atoms with Gasteiger partial charge in [-0.2, -0.15) is 0 Å². The first-order valence-electron chi connectivity index (χ1n) is 8.59. The lowest BCUT2D eigenvalue weighted by molar-refractivity contribution is 0.0905. The average Bonchev–Trinajstić information content (AvgIpc) is 3.09. The molecule has 1 heterocycles. The topological polar surface area (TPSA) is 24.5 Å². The van der Waals surface area contributed by atoms with Gasteiger partial charge in [-0.3, -0.25) is 0 Å². The quantitative estimate of drug-likeness (QED) is 0.795. The highest BCUT2D eigenvalue weighted by molar-refractivity contribution is 7.80. The maximum absolute atomic E-state index is 13.5. The molecular formula is C20H23FN2OS. The van der Waals surface area contributed by atoms with Crippen LogP contribution in [0.4, 0.5) is 10.1 Å². The molecule has 0 aromatic heterocycles. The molecule has 0 spiro atoms. The Bertz CT molecular complexity index is 731. The number of hydrogen-bond acceptors (Lipinski definition) is 2. The van der Waals surface area contributed by atoms with Crippen LogP contribution in [0.1, 0.15) is 24.0 Å². The van der Waals surface area contributed by atoms with Gasteiger partial charge in [0.05, 0.1) is 6.10 Å². The van der Waals surface area contributed by atoms with Crippen molar-refractivity contribution >= 4 is 23.0 Å². The van der Waals surface area contributed by atoms with E-state index in [0.29, 0.717) is 18.2 Å². The van der Waals surface area contributed by atoms with Crippen molar-refractivity contribution in [2.75, 3.05) is 18.5 Å². The van der Waals surface area contributed by atoms with Gasteiger partial charge >= 0.3 is 0 Å². The Morgan fingerprint density at radius 3 is 2.84 bits per heavy atom. The molecule has 2 aromatic rings. The van der Waals surface area contributed by atoms with E-state index >= 15 is 0 Å². The molecule has 132 valence electrons. The Morgan fingerprint density at radius 2 is 2.12 bits per heavy atom. The number of rotatable bonds is 5. The second-order valence-electron chi connectivity index (χ2n) is 6.39. The fourth-order valence-corrected chi connectivity index (χ4v) is 3.27. The molecule has 25 heavy (non-hydrogen) atoms. The number of hydrogen-bond donors (Lipinski definition) is 1. The SMILES string of the molecule is Cc1ccccc1NC(=S)N(Cc1cccc(F)c1)CC1CCCO1. The third-order valence-corrected chi connectivity index (χ3v) is 4.74. The maximum Gasteiger partial charge on any atom is 0.173 e. The van der Waals surface area contributed by atoms with Crippen molar-refractivity contribution in [3.05, 3.63) is 65.5 Å². The van der Waals surface area contributed by atoms with E-state index in [1.54, 1.807) is 12.1 Å². The molecule has 1 aliphatic rings. The van der Waals surface area contributed by atoms with Gasteiger partial charge in [-0.25, -0.2) is 4.39 Å². The number of anilines is 1. The smallest absolute Gasteiger partial charge is 0.173 e. The largest absolute Gasteiger partial charge is 0.376 e. The minimum absolute atomic E-state index is 0.171. The molecule has 0 saturated carbocycles. The Labute approximate surface area is 153 Å². The van der Waals surface area contributed by atoms with Crippen molar-refractivity contribution in [3.63, 3.8) is 0 Å². The summed E-state index contributed by atoms with van der Waals surface area (Å²) in [6.07, 6.45) is 2.29. The standard InChI is InChI=1S/C20H23FN2OS/c1-15-6-2-3-10-19(15)22-20(25)23(14-18-9-5-11-24-18)13-16-7-4-8-17(21)12-16/h2-4,6-8,10,12,18H,5,9,11,13-14H2,1H3,(H,22,25). The number of ether oxygens (including phenoxy) is 1. The first kappa shape index (κ1) is 17.8. The van der Waals surface area contributed by atoms with Gasteiger partial charge in [0.2, 0.25) is 0 Å². The second kappa shape index (κ2) is 8.41. The molecule has 1 aliphatic heterocycles. The Kier molecular flexibility index (Phi) is 6.00. The third kappa shape index (κ3) is 5.00. The molecule has 3 rings (SSSR count). The molecular weight excluding hydrogens is 335 g/mol. The number of nitrogens with one attached hydrogen (secondary N) is 1. The van der Waals surface area contributed by atoms with E-state index in [1.807, 2.05) is 37.3 Å². The van der Waals surface area contributed by atoms with Crippen LogP contribution in [-0.2, 0) is 11.3 Å². The molecule has 1 atom stereocenters. The summed E-state index contributed by atoms with van der Waals surface area (Å²) < 4.78 is 19.3. The predicted octanol–water partition coefficient (Wildman–Crippen LogP) is 4.51. The van der Waals surface area contributed by atoms with E-state index < -0.39 is 0 Å². The van der Waals surface area contributed by atoms with Crippen molar-refractivity contribution in [1.29, 1.82) is 0 Å².